The number of rotatable bonds is 11. The summed E-state index contributed by atoms with van der Waals surface area (Å²) < 4.78 is 38.6. The van der Waals surface area contributed by atoms with Crippen LogP contribution >= 0.6 is 0 Å². The fourth-order valence-electron chi connectivity index (χ4n) is 5.42. The third-order valence-electron chi connectivity index (χ3n) is 8.07. The number of methoxy groups -OCH3 is 2. The molecule has 0 radical (unpaired) electrons. The molecule has 2 saturated heterocycles. The van der Waals surface area contributed by atoms with Crippen LogP contribution in [0.4, 0.5) is 0 Å². The van der Waals surface area contributed by atoms with E-state index in [1.165, 1.54) is 31.4 Å². The Morgan fingerprint density at radius 2 is 0.920 bits per heavy atom. The highest BCUT2D eigenvalue weighted by atomic mass is 16.7. The molecule has 4 aromatic rings. The van der Waals surface area contributed by atoms with E-state index in [4.69, 9.17) is 33.2 Å². The lowest BCUT2D eigenvalue weighted by Gasteiger charge is -2.17. The summed E-state index contributed by atoms with van der Waals surface area (Å²) >= 11 is 0. The summed E-state index contributed by atoms with van der Waals surface area (Å²) in [5.41, 5.74) is 2.24. The molecule has 0 saturated carbocycles. The van der Waals surface area contributed by atoms with E-state index < -0.39 is 42.3 Å². The van der Waals surface area contributed by atoms with Crippen LogP contribution in [0.15, 0.2) is 97.1 Å². The quantitative estimate of drug-likeness (QED) is 0.106. The van der Waals surface area contributed by atoms with Gasteiger partial charge in [-0.1, -0.05) is 26.0 Å². The van der Waals surface area contributed by atoms with Gasteiger partial charge >= 0.3 is 17.9 Å². The molecule has 2 aliphatic heterocycles. The second-order valence-electron chi connectivity index (χ2n) is 11.2. The van der Waals surface area contributed by atoms with Gasteiger partial charge in [-0.15, -0.1) is 0 Å². The van der Waals surface area contributed by atoms with Crippen molar-refractivity contribution in [2.24, 2.45) is 0 Å². The van der Waals surface area contributed by atoms with Crippen LogP contribution in [0.3, 0.4) is 0 Å². The van der Waals surface area contributed by atoms with Gasteiger partial charge in [-0.25, -0.2) is 14.4 Å². The molecule has 4 aromatic carbocycles. The van der Waals surface area contributed by atoms with Crippen molar-refractivity contribution in [3.8, 4) is 17.2 Å². The smallest absolute Gasteiger partial charge is 0.343 e. The maximum absolute atomic E-state index is 12.9. The first-order valence-corrected chi connectivity index (χ1v) is 16.2. The molecule has 0 amide bonds. The molecule has 2 heterocycles. The van der Waals surface area contributed by atoms with Gasteiger partial charge in [0, 0.05) is 12.0 Å². The van der Waals surface area contributed by atoms with Crippen molar-refractivity contribution >= 4 is 23.7 Å². The zero-order valence-electron chi connectivity index (χ0n) is 28.2. The van der Waals surface area contributed by atoms with Crippen LogP contribution in [0.1, 0.15) is 60.8 Å². The van der Waals surface area contributed by atoms with Crippen molar-refractivity contribution in [2.75, 3.05) is 27.4 Å². The summed E-state index contributed by atoms with van der Waals surface area (Å²) in [6.45, 7) is 4.15. The zero-order valence-corrected chi connectivity index (χ0v) is 28.2. The van der Waals surface area contributed by atoms with Gasteiger partial charge < -0.3 is 33.2 Å². The first-order valence-electron chi connectivity index (χ1n) is 16.2. The van der Waals surface area contributed by atoms with Gasteiger partial charge in [-0.2, -0.15) is 0 Å². The maximum atomic E-state index is 12.9. The Morgan fingerprint density at radius 3 is 1.36 bits per heavy atom. The number of ketones is 1. The normalized spacial score (nSPS) is 18.9. The topological polar surface area (TPSA) is 133 Å². The van der Waals surface area contributed by atoms with Crippen LogP contribution in [0.2, 0.25) is 0 Å². The fraction of sp³-hybridized carbons (Fsp3) is 0.282. The van der Waals surface area contributed by atoms with Gasteiger partial charge in [0.25, 0.3) is 0 Å². The van der Waals surface area contributed by atoms with Crippen LogP contribution in [0.25, 0.3) is 0 Å². The van der Waals surface area contributed by atoms with E-state index in [1.54, 1.807) is 79.9 Å². The minimum atomic E-state index is -0.707. The lowest BCUT2D eigenvalue weighted by molar-refractivity contribution is -0.0287. The molecule has 11 heteroatoms. The Kier molecular flexibility index (Phi) is 12.0. The van der Waals surface area contributed by atoms with E-state index in [1.807, 2.05) is 13.8 Å². The molecule has 2 fully saturated rings. The molecule has 0 bridgehead atoms. The number of carbonyl (C=O) groups is 4. The van der Waals surface area contributed by atoms with Crippen molar-refractivity contribution in [2.45, 2.75) is 44.7 Å². The molecule has 6 rings (SSSR count). The minimum absolute atomic E-state index is 0.0564. The van der Waals surface area contributed by atoms with E-state index in [9.17, 15) is 19.2 Å². The van der Waals surface area contributed by atoms with Crippen molar-refractivity contribution in [3.63, 3.8) is 0 Å². The van der Waals surface area contributed by atoms with Gasteiger partial charge in [-0.05, 0) is 90.5 Å². The van der Waals surface area contributed by atoms with Gasteiger partial charge in [0.1, 0.15) is 29.5 Å². The third-order valence-corrected chi connectivity index (χ3v) is 8.07. The molecule has 0 spiro atoms. The van der Waals surface area contributed by atoms with E-state index in [0.29, 0.717) is 28.2 Å². The van der Waals surface area contributed by atoms with E-state index in [-0.39, 0.29) is 36.7 Å². The molecular weight excluding hydrogens is 644 g/mol. The number of ether oxygens (including phenoxy) is 7. The number of hydrogen-bond donors (Lipinski definition) is 0. The van der Waals surface area contributed by atoms with Crippen molar-refractivity contribution in [1.29, 1.82) is 0 Å². The van der Waals surface area contributed by atoms with Gasteiger partial charge in [0.05, 0.1) is 44.1 Å². The number of hydrogen-bond acceptors (Lipinski definition) is 11. The molecule has 0 N–H and O–H groups in total. The second kappa shape index (κ2) is 16.7. The van der Waals surface area contributed by atoms with Crippen molar-refractivity contribution in [3.05, 3.63) is 125 Å². The van der Waals surface area contributed by atoms with Crippen LogP contribution in [0.5, 0.6) is 17.2 Å². The lowest BCUT2D eigenvalue weighted by atomic mass is 10.0. The minimum Gasteiger partial charge on any atom is -0.497 e. The summed E-state index contributed by atoms with van der Waals surface area (Å²) in [5.74, 6) is -0.225. The molecule has 0 aliphatic carbocycles. The van der Waals surface area contributed by atoms with E-state index >= 15 is 0 Å². The van der Waals surface area contributed by atoms with Crippen LogP contribution < -0.4 is 14.2 Å². The molecule has 50 heavy (non-hydrogen) atoms. The highest BCUT2D eigenvalue weighted by molar-refractivity contribution is 5.98. The maximum Gasteiger partial charge on any atom is 0.343 e. The summed E-state index contributed by atoms with van der Waals surface area (Å²) in [6.07, 6.45) is -2.43. The predicted molar refractivity (Wildman–Crippen MR) is 181 cm³/mol. The van der Waals surface area contributed by atoms with E-state index in [2.05, 4.69) is 0 Å². The first kappa shape index (κ1) is 35.8. The number of esters is 3. The Balaban J connectivity index is 0.00000239. The van der Waals surface area contributed by atoms with Crippen LogP contribution in [-0.2, 0) is 25.4 Å². The van der Waals surface area contributed by atoms with Crippen molar-refractivity contribution in [1.82, 2.24) is 0 Å². The van der Waals surface area contributed by atoms with Crippen LogP contribution in [-0.4, -0.2) is 75.5 Å². The highest BCUT2D eigenvalue weighted by Gasteiger charge is 2.51. The summed E-state index contributed by atoms with van der Waals surface area (Å²) in [4.78, 5) is 50.9. The van der Waals surface area contributed by atoms with Gasteiger partial charge in [0.15, 0.2) is 18.0 Å². The molecule has 0 aromatic heterocycles. The Labute approximate surface area is 290 Å². The lowest BCUT2D eigenvalue weighted by Crippen LogP contribution is -2.36. The molecule has 260 valence electrons. The number of benzene rings is 4. The number of carbonyl (C=O) groups excluding carboxylic acids is 4. The van der Waals surface area contributed by atoms with Gasteiger partial charge in [0.2, 0.25) is 0 Å². The average molecular weight is 683 g/mol. The summed E-state index contributed by atoms with van der Waals surface area (Å²) in [6, 6.07) is 26.0. The molecular formula is C39H38O11. The van der Waals surface area contributed by atoms with E-state index in [0.717, 1.165) is 5.56 Å². The first-order chi connectivity index (χ1) is 24.3. The Bertz CT molecular complexity index is 1630. The second-order valence-corrected chi connectivity index (χ2v) is 11.2. The molecule has 4 atom stereocenters. The number of Topliss-reactive ketones (excluding diaryl/α,β-unsaturated/α-hetero) is 1. The predicted octanol–water partition coefficient (Wildman–Crippen LogP) is 5.92. The monoisotopic (exact) mass is 682 g/mol. The summed E-state index contributed by atoms with van der Waals surface area (Å²) in [7, 11) is 3.10. The largest absolute Gasteiger partial charge is 0.497 e. The van der Waals surface area contributed by atoms with Crippen LogP contribution in [0, 0.1) is 0 Å². The Hall–Kier alpha value is -5.52. The average Bonchev–Trinajstić information content (AvgIpc) is 3.75. The number of fused-ring (bicyclic) bond motifs is 1. The molecule has 11 nitrogen and oxygen atoms in total. The molecule has 2 aliphatic rings. The third kappa shape index (κ3) is 8.55. The van der Waals surface area contributed by atoms with Gasteiger partial charge in [-0.3, -0.25) is 4.79 Å². The summed E-state index contributed by atoms with van der Waals surface area (Å²) in [5, 5.41) is 0. The molecule has 0 unspecified atom stereocenters. The van der Waals surface area contributed by atoms with Crippen molar-refractivity contribution < 1.29 is 52.3 Å². The SMILES string of the molecule is CC.COc1ccc(C(=O)Cc2ccc(C(=O)O[C@@H]3CO[C@H]4[C@@H]3OC[C@@H]4OC(=O)c3ccc(OC(=O)c4ccc(OC)cc4)cc3)cc2)cc1. The zero-order chi connectivity index (χ0) is 35.6. The highest BCUT2D eigenvalue weighted by Crippen LogP contribution is 2.32. The Morgan fingerprint density at radius 1 is 0.540 bits per heavy atom. The standard InChI is InChI=1S/C37H32O11.C2H6/c1-42-27-13-7-23(8-14-27)30(38)19-22-3-5-24(6-4-22)36(40)47-31-20-44-34-32(21-45-33(31)34)48-37(41)26-11-17-29(18-12-26)46-35(39)25-9-15-28(43-2)16-10-25;1-2/h3-18,31-34H,19-21H2,1-2H3;1-2H3/t31-,32+,33-,34-;/m1./s1. The fourth-order valence-corrected chi connectivity index (χ4v) is 5.42.